The van der Waals surface area contributed by atoms with Crippen LogP contribution < -0.4 is 21.9 Å². The number of hydrogen-bond donors (Lipinski definition) is 3. The second-order valence-electron chi connectivity index (χ2n) is 6.73. The normalized spacial score (nSPS) is 12.8. The number of aromatic nitrogens is 1. The minimum atomic E-state index is -0.641. The Bertz CT molecular complexity index is 1010. The Hall–Kier alpha value is -3.46. The molecular formula is C19H21N5O4. The van der Waals surface area contributed by atoms with Gasteiger partial charge in [0.25, 0.3) is 23.3 Å². The van der Waals surface area contributed by atoms with E-state index in [-0.39, 0.29) is 22.9 Å². The van der Waals surface area contributed by atoms with Gasteiger partial charge in [-0.3, -0.25) is 29.1 Å². The van der Waals surface area contributed by atoms with E-state index in [4.69, 9.17) is 5.73 Å². The van der Waals surface area contributed by atoms with Gasteiger partial charge < -0.3 is 16.0 Å². The van der Waals surface area contributed by atoms with E-state index in [0.29, 0.717) is 17.8 Å². The molecule has 0 fully saturated rings. The monoisotopic (exact) mass is 383 g/mol. The number of hydrogen-bond acceptors (Lipinski definition) is 6. The van der Waals surface area contributed by atoms with Crippen molar-refractivity contribution in [3.63, 3.8) is 0 Å². The van der Waals surface area contributed by atoms with Crippen molar-refractivity contribution in [3.8, 4) is 5.69 Å². The highest BCUT2D eigenvalue weighted by Gasteiger charge is 2.31. The van der Waals surface area contributed by atoms with Crippen molar-refractivity contribution in [2.45, 2.75) is 6.42 Å². The number of nitrogens with zero attached hydrogens (tertiary/aromatic N) is 2. The fourth-order valence-electron chi connectivity index (χ4n) is 3.01. The highest BCUT2D eigenvalue weighted by Crippen LogP contribution is 2.22. The quantitative estimate of drug-likeness (QED) is 0.476. The first kappa shape index (κ1) is 19.3. The Labute approximate surface area is 161 Å². The molecule has 4 N–H and O–H groups in total. The highest BCUT2D eigenvalue weighted by atomic mass is 16.2. The van der Waals surface area contributed by atoms with Gasteiger partial charge in [0.1, 0.15) is 5.82 Å². The Morgan fingerprint density at radius 3 is 2.46 bits per heavy atom. The van der Waals surface area contributed by atoms with E-state index >= 15 is 0 Å². The molecule has 0 spiro atoms. The molecule has 146 valence electrons. The van der Waals surface area contributed by atoms with Crippen LogP contribution in [0.1, 0.15) is 37.5 Å². The number of nitrogens with one attached hydrogen (secondary N) is 2. The summed E-state index contributed by atoms with van der Waals surface area (Å²) in [4.78, 5) is 50.3. The first-order chi connectivity index (χ1) is 13.3. The summed E-state index contributed by atoms with van der Waals surface area (Å²) < 4.78 is 1.13. The number of nitrogen functional groups attached to an aromatic ring is 1. The molecule has 1 aromatic heterocycles. The summed E-state index contributed by atoms with van der Waals surface area (Å²) in [5, 5.41) is 4.95. The van der Waals surface area contributed by atoms with E-state index in [1.807, 2.05) is 19.0 Å². The molecule has 1 aliphatic heterocycles. The van der Waals surface area contributed by atoms with Gasteiger partial charge >= 0.3 is 0 Å². The molecule has 0 saturated heterocycles. The molecule has 3 amide bonds. The number of carbonyl (C=O) groups is 3. The lowest BCUT2D eigenvalue weighted by atomic mass is 10.1. The Kier molecular flexibility index (Phi) is 5.27. The highest BCUT2D eigenvalue weighted by molar-refractivity contribution is 6.23. The number of imide groups is 1. The van der Waals surface area contributed by atoms with Crippen LogP contribution in [0.15, 0.2) is 35.1 Å². The maximum Gasteiger partial charge on any atom is 0.262 e. The molecule has 0 saturated carbocycles. The Morgan fingerprint density at radius 2 is 1.82 bits per heavy atom. The van der Waals surface area contributed by atoms with Crippen LogP contribution in [0.2, 0.25) is 0 Å². The van der Waals surface area contributed by atoms with E-state index in [0.717, 1.165) is 23.6 Å². The van der Waals surface area contributed by atoms with Gasteiger partial charge in [0, 0.05) is 18.2 Å². The van der Waals surface area contributed by atoms with Crippen LogP contribution in [-0.4, -0.2) is 54.4 Å². The average Bonchev–Trinajstić information content (AvgIpc) is 2.92. The Morgan fingerprint density at radius 1 is 1.14 bits per heavy atom. The third-order valence-electron chi connectivity index (χ3n) is 4.41. The number of nitrogens with two attached hydrogens (primary N) is 1. The molecule has 3 rings (SSSR count). The first-order valence-electron chi connectivity index (χ1n) is 8.74. The zero-order valence-electron chi connectivity index (χ0n) is 15.6. The minimum absolute atomic E-state index is 0.0210. The fourth-order valence-corrected chi connectivity index (χ4v) is 3.01. The largest absolute Gasteiger partial charge is 0.384 e. The molecule has 9 nitrogen and oxygen atoms in total. The van der Waals surface area contributed by atoms with Gasteiger partial charge in [0.15, 0.2) is 0 Å². The summed E-state index contributed by atoms with van der Waals surface area (Å²) in [6.07, 6.45) is 0.832. The average molecular weight is 383 g/mol. The van der Waals surface area contributed by atoms with Crippen LogP contribution in [0.4, 0.5) is 5.82 Å². The molecule has 0 bridgehead atoms. The van der Waals surface area contributed by atoms with Crippen LogP contribution in [-0.2, 0) is 0 Å². The first-order valence-corrected chi connectivity index (χ1v) is 8.74. The molecule has 2 aromatic rings. The van der Waals surface area contributed by atoms with E-state index in [2.05, 4.69) is 10.6 Å². The van der Waals surface area contributed by atoms with Crippen molar-refractivity contribution in [1.29, 1.82) is 0 Å². The minimum Gasteiger partial charge on any atom is -0.384 e. The zero-order chi connectivity index (χ0) is 20.4. The summed E-state index contributed by atoms with van der Waals surface area (Å²) in [6, 6.07) is 7.35. The topological polar surface area (TPSA) is 127 Å². The summed E-state index contributed by atoms with van der Waals surface area (Å²) in [5.74, 6) is -1.62. The maximum absolute atomic E-state index is 12.4. The van der Waals surface area contributed by atoms with Gasteiger partial charge in [0.05, 0.1) is 16.8 Å². The number of pyridine rings is 1. The van der Waals surface area contributed by atoms with Crippen LogP contribution in [0.5, 0.6) is 0 Å². The predicted octanol–water partition coefficient (Wildman–Crippen LogP) is -0.0152. The number of amides is 3. The molecule has 1 aromatic carbocycles. The molecular weight excluding hydrogens is 362 g/mol. The van der Waals surface area contributed by atoms with Crippen LogP contribution in [0.25, 0.3) is 5.69 Å². The third-order valence-corrected chi connectivity index (χ3v) is 4.41. The SMILES string of the molecule is CN(C)CCCNC(=O)c1ccc(-n2c(N)c3c(cc2=O)C(=O)NC3=O)cc1. The van der Waals surface area contributed by atoms with Crippen LogP contribution >= 0.6 is 0 Å². The van der Waals surface area contributed by atoms with Gasteiger partial charge in [0.2, 0.25) is 0 Å². The van der Waals surface area contributed by atoms with Crippen molar-refractivity contribution >= 4 is 23.5 Å². The summed E-state index contributed by atoms with van der Waals surface area (Å²) in [5.41, 5.74) is 6.23. The van der Waals surface area contributed by atoms with Crippen molar-refractivity contribution in [3.05, 3.63) is 57.4 Å². The molecule has 28 heavy (non-hydrogen) atoms. The molecule has 0 radical (unpaired) electrons. The Balaban J connectivity index is 1.82. The second kappa shape index (κ2) is 7.65. The molecule has 0 atom stereocenters. The summed E-state index contributed by atoms with van der Waals surface area (Å²) >= 11 is 0. The van der Waals surface area contributed by atoms with Crippen LogP contribution in [0, 0.1) is 0 Å². The molecule has 1 aliphatic rings. The lowest BCUT2D eigenvalue weighted by Crippen LogP contribution is -2.27. The summed E-state index contributed by atoms with van der Waals surface area (Å²) in [7, 11) is 3.93. The number of anilines is 1. The van der Waals surface area contributed by atoms with E-state index < -0.39 is 17.4 Å². The zero-order valence-corrected chi connectivity index (χ0v) is 15.6. The van der Waals surface area contributed by atoms with E-state index in [1.165, 1.54) is 0 Å². The van der Waals surface area contributed by atoms with Gasteiger partial charge in [-0.1, -0.05) is 0 Å². The van der Waals surface area contributed by atoms with Gasteiger partial charge in [-0.25, -0.2) is 0 Å². The smallest absolute Gasteiger partial charge is 0.262 e. The van der Waals surface area contributed by atoms with Crippen molar-refractivity contribution in [2.24, 2.45) is 0 Å². The van der Waals surface area contributed by atoms with Gasteiger partial charge in [-0.05, 0) is 51.3 Å². The number of benzene rings is 1. The number of fused-ring (bicyclic) bond motifs is 1. The third kappa shape index (κ3) is 3.65. The van der Waals surface area contributed by atoms with Gasteiger partial charge in [-0.15, -0.1) is 0 Å². The predicted molar refractivity (Wildman–Crippen MR) is 104 cm³/mol. The molecule has 2 heterocycles. The van der Waals surface area contributed by atoms with E-state index in [1.54, 1.807) is 24.3 Å². The lowest BCUT2D eigenvalue weighted by Gasteiger charge is -2.13. The molecule has 0 unspecified atom stereocenters. The van der Waals surface area contributed by atoms with E-state index in [9.17, 15) is 19.2 Å². The van der Waals surface area contributed by atoms with Crippen molar-refractivity contribution in [1.82, 2.24) is 20.1 Å². The number of rotatable bonds is 6. The lowest BCUT2D eigenvalue weighted by molar-refractivity contribution is 0.0878. The van der Waals surface area contributed by atoms with Crippen LogP contribution in [0.3, 0.4) is 0 Å². The van der Waals surface area contributed by atoms with Gasteiger partial charge in [-0.2, -0.15) is 0 Å². The maximum atomic E-state index is 12.4. The molecule has 9 heteroatoms. The standard InChI is InChI=1S/C19H21N5O4/c1-23(2)9-3-8-21-17(26)11-4-6-12(7-5-11)24-14(25)10-13-15(16(24)20)19(28)22-18(13)27/h4-7,10H,3,8-9,20H2,1-2H3,(H,21,26)(H,22,27,28). The van der Waals surface area contributed by atoms with Crippen molar-refractivity contribution < 1.29 is 14.4 Å². The summed E-state index contributed by atoms with van der Waals surface area (Å²) in [6.45, 7) is 1.43. The van der Waals surface area contributed by atoms with Crippen molar-refractivity contribution in [2.75, 3.05) is 32.9 Å². The fraction of sp³-hybridized carbons (Fsp3) is 0.263. The molecule has 0 aliphatic carbocycles. The second-order valence-corrected chi connectivity index (χ2v) is 6.73. The number of carbonyl (C=O) groups excluding carboxylic acids is 3.